The van der Waals surface area contributed by atoms with Crippen molar-refractivity contribution in [1.82, 2.24) is 10.2 Å². The molecule has 34 heavy (non-hydrogen) atoms. The molecule has 0 radical (unpaired) electrons. The van der Waals surface area contributed by atoms with Gasteiger partial charge in [-0.15, -0.1) is 11.8 Å². The lowest BCUT2D eigenvalue weighted by molar-refractivity contribution is -0.165. The van der Waals surface area contributed by atoms with Gasteiger partial charge in [-0.05, 0) is 24.6 Å². The van der Waals surface area contributed by atoms with Crippen LogP contribution in [0.15, 0.2) is 34.9 Å². The van der Waals surface area contributed by atoms with Crippen molar-refractivity contribution in [2.24, 2.45) is 11.8 Å². The summed E-state index contributed by atoms with van der Waals surface area (Å²) in [6, 6.07) is 4.83. The van der Waals surface area contributed by atoms with Gasteiger partial charge < -0.3 is 36.0 Å². The van der Waals surface area contributed by atoms with Crippen molar-refractivity contribution in [3.05, 3.63) is 40.4 Å². The van der Waals surface area contributed by atoms with Crippen LogP contribution in [-0.2, 0) is 14.4 Å². The van der Waals surface area contributed by atoms with Gasteiger partial charge in [0.1, 0.15) is 5.70 Å². The normalized spacial score (nSPS) is 29.0. The van der Waals surface area contributed by atoms with Crippen molar-refractivity contribution >= 4 is 41.2 Å². The molecular weight excluding hydrogens is 466 g/mol. The number of aromatic carboxylic acids is 1. The van der Waals surface area contributed by atoms with E-state index < -0.39 is 48.6 Å². The fraction of sp³-hybridized carbons (Fsp3) is 0.455. The predicted molar refractivity (Wildman–Crippen MR) is 121 cm³/mol. The number of thioether (sulfide) groups is 1. The SMILES string of the molecule is C[C@H]1C(S[C@@H]2CN[C@H](C(=O)Nc3cccc(C(=O)O)c3)C2)=C(C(=O)O)N2C(=O)[C@H]([C@H](O)CO)[C@@H]12. The van der Waals surface area contributed by atoms with Crippen LogP contribution in [0.25, 0.3) is 0 Å². The fourth-order valence-electron chi connectivity index (χ4n) is 4.82. The van der Waals surface area contributed by atoms with E-state index in [2.05, 4.69) is 10.6 Å². The van der Waals surface area contributed by atoms with Gasteiger partial charge in [-0.2, -0.15) is 0 Å². The number of aliphatic carboxylic acids is 1. The summed E-state index contributed by atoms with van der Waals surface area (Å²) < 4.78 is 0. The zero-order chi connectivity index (χ0) is 24.7. The van der Waals surface area contributed by atoms with Crippen LogP contribution >= 0.6 is 11.8 Å². The number of carboxylic acid groups (broad SMARTS) is 2. The zero-order valence-corrected chi connectivity index (χ0v) is 19.0. The van der Waals surface area contributed by atoms with Crippen LogP contribution in [0.2, 0.25) is 0 Å². The molecule has 12 heteroatoms. The number of hydrogen-bond donors (Lipinski definition) is 6. The largest absolute Gasteiger partial charge is 0.478 e. The number of carboxylic acids is 2. The van der Waals surface area contributed by atoms with E-state index in [9.17, 15) is 34.5 Å². The molecule has 6 N–H and O–H groups in total. The van der Waals surface area contributed by atoms with E-state index >= 15 is 0 Å². The summed E-state index contributed by atoms with van der Waals surface area (Å²) in [5.41, 5.74) is 0.310. The molecule has 3 heterocycles. The predicted octanol–water partition coefficient (Wildman–Crippen LogP) is -0.0869. The first kappa shape index (κ1) is 24.2. The second-order valence-corrected chi connectivity index (χ2v) is 9.94. The fourth-order valence-corrected chi connectivity index (χ4v) is 6.30. The summed E-state index contributed by atoms with van der Waals surface area (Å²) in [5.74, 6) is -4.38. The average molecular weight is 492 g/mol. The third-order valence-electron chi connectivity index (χ3n) is 6.47. The van der Waals surface area contributed by atoms with Crippen LogP contribution in [0.1, 0.15) is 23.7 Å². The Morgan fingerprint density at radius 3 is 2.65 bits per heavy atom. The van der Waals surface area contributed by atoms with Crippen molar-refractivity contribution in [2.75, 3.05) is 18.5 Å². The lowest BCUT2D eigenvalue weighted by Gasteiger charge is -2.46. The summed E-state index contributed by atoms with van der Waals surface area (Å²) in [6.07, 6.45) is -0.851. The number of benzene rings is 1. The van der Waals surface area contributed by atoms with E-state index in [1.54, 1.807) is 13.0 Å². The summed E-state index contributed by atoms with van der Waals surface area (Å²) >= 11 is 1.30. The molecule has 4 rings (SSSR count). The Morgan fingerprint density at radius 1 is 1.26 bits per heavy atom. The number of fused-ring (bicyclic) bond motifs is 1. The van der Waals surface area contributed by atoms with E-state index in [0.717, 1.165) is 0 Å². The number of rotatable bonds is 8. The number of β-lactam (4-membered cyclic amide) rings is 1. The molecule has 2 fully saturated rings. The molecule has 1 aromatic rings. The number of aliphatic hydroxyl groups excluding tert-OH is 2. The maximum absolute atomic E-state index is 12.7. The first-order chi connectivity index (χ1) is 16.1. The van der Waals surface area contributed by atoms with Crippen LogP contribution in [0.5, 0.6) is 0 Å². The Bertz CT molecular complexity index is 1080. The van der Waals surface area contributed by atoms with Crippen molar-refractivity contribution < 1.29 is 39.6 Å². The van der Waals surface area contributed by atoms with Crippen LogP contribution < -0.4 is 10.6 Å². The van der Waals surface area contributed by atoms with Crippen LogP contribution in [-0.4, -0.2) is 85.7 Å². The van der Waals surface area contributed by atoms with Gasteiger partial charge in [0.15, 0.2) is 0 Å². The number of amides is 2. The molecule has 0 bridgehead atoms. The monoisotopic (exact) mass is 491 g/mol. The summed E-state index contributed by atoms with van der Waals surface area (Å²) in [4.78, 5) is 50.0. The third kappa shape index (κ3) is 4.17. The van der Waals surface area contributed by atoms with Gasteiger partial charge in [-0.25, -0.2) is 9.59 Å². The van der Waals surface area contributed by atoms with E-state index in [1.165, 1.54) is 34.9 Å². The van der Waals surface area contributed by atoms with E-state index in [4.69, 9.17) is 5.11 Å². The number of nitrogens with zero attached hydrogens (tertiary/aromatic N) is 1. The van der Waals surface area contributed by atoms with Gasteiger partial charge in [0.05, 0.1) is 36.3 Å². The number of aliphatic hydroxyl groups is 2. The Hall–Kier alpha value is -2.93. The molecule has 182 valence electrons. The Morgan fingerprint density at radius 2 is 2.00 bits per heavy atom. The molecule has 2 amide bonds. The minimum atomic E-state index is -1.25. The molecule has 0 unspecified atom stereocenters. The van der Waals surface area contributed by atoms with E-state index in [0.29, 0.717) is 23.6 Å². The van der Waals surface area contributed by atoms with E-state index in [1.807, 2.05) is 0 Å². The smallest absolute Gasteiger partial charge is 0.353 e. The standard InChI is InChI=1S/C22H25N3O8S/c1-9-16-15(14(27)8-26)20(29)25(16)17(22(32)33)18(9)34-12-6-13(23-7-12)19(28)24-11-4-2-3-10(5-11)21(30)31/h2-5,9,12-16,23,26-27H,6-8H2,1H3,(H,24,28)(H,30,31)(H,32,33)/t9-,12+,13+,14-,15-,16-/m1/s1. The van der Waals surface area contributed by atoms with Gasteiger partial charge in [0.25, 0.3) is 0 Å². The number of nitrogens with one attached hydrogen (secondary N) is 2. The number of anilines is 1. The number of hydrogen-bond acceptors (Lipinski definition) is 8. The van der Waals surface area contributed by atoms with Crippen molar-refractivity contribution in [2.45, 2.75) is 36.8 Å². The molecule has 3 aliphatic rings. The second kappa shape index (κ2) is 9.37. The molecule has 6 atom stereocenters. The van der Waals surface area contributed by atoms with Crippen molar-refractivity contribution in [3.63, 3.8) is 0 Å². The number of carbonyl (C=O) groups is 4. The highest BCUT2D eigenvalue weighted by atomic mass is 32.2. The second-order valence-electron chi connectivity index (χ2n) is 8.59. The summed E-state index contributed by atoms with van der Waals surface area (Å²) in [7, 11) is 0. The Labute approximate surface area is 198 Å². The molecule has 0 aromatic heterocycles. The van der Waals surface area contributed by atoms with Crippen LogP contribution in [0.4, 0.5) is 5.69 Å². The van der Waals surface area contributed by atoms with E-state index in [-0.39, 0.29) is 28.3 Å². The molecule has 1 aromatic carbocycles. The number of carbonyl (C=O) groups excluding carboxylic acids is 2. The minimum absolute atomic E-state index is 0.0535. The highest BCUT2D eigenvalue weighted by Crippen LogP contribution is 2.51. The van der Waals surface area contributed by atoms with Gasteiger partial charge in [0, 0.05) is 28.3 Å². The Balaban J connectivity index is 1.43. The zero-order valence-electron chi connectivity index (χ0n) is 18.2. The summed E-state index contributed by atoms with van der Waals surface area (Å²) in [5, 5.41) is 43.8. The molecule has 0 aliphatic carbocycles. The average Bonchev–Trinajstić information content (AvgIpc) is 3.36. The van der Waals surface area contributed by atoms with Crippen molar-refractivity contribution in [1.29, 1.82) is 0 Å². The quantitative estimate of drug-likeness (QED) is 0.270. The van der Waals surface area contributed by atoms with Gasteiger partial charge in [-0.3, -0.25) is 9.59 Å². The van der Waals surface area contributed by atoms with Crippen LogP contribution in [0, 0.1) is 11.8 Å². The molecule has 3 aliphatic heterocycles. The highest BCUT2D eigenvalue weighted by molar-refractivity contribution is 8.03. The lowest BCUT2D eigenvalue weighted by Crippen LogP contribution is -2.64. The minimum Gasteiger partial charge on any atom is -0.478 e. The molecule has 2 saturated heterocycles. The summed E-state index contributed by atoms with van der Waals surface area (Å²) in [6.45, 7) is 1.64. The lowest BCUT2D eigenvalue weighted by atomic mass is 9.79. The first-order valence-corrected chi connectivity index (χ1v) is 11.7. The molecule has 0 saturated carbocycles. The topological polar surface area (TPSA) is 176 Å². The Kier molecular flexibility index (Phi) is 6.67. The highest BCUT2D eigenvalue weighted by Gasteiger charge is 2.60. The molecule has 0 spiro atoms. The first-order valence-electron chi connectivity index (χ1n) is 10.8. The molecular formula is C22H25N3O8S. The van der Waals surface area contributed by atoms with Crippen molar-refractivity contribution in [3.8, 4) is 0 Å². The maximum Gasteiger partial charge on any atom is 0.353 e. The van der Waals surface area contributed by atoms with Gasteiger partial charge in [0.2, 0.25) is 11.8 Å². The van der Waals surface area contributed by atoms with Gasteiger partial charge >= 0.3 is 11.9 Å². The van der Waals surface area contributed by atoms with Crippen LogP contribution in [0.3, 0.4) is 0 Å². The van der Waals surface area contributed by atoms with Gasteiger partial charge in [-0.1, -0.05) is 13.0 Å². The third-order valence-corrected chi connectivity index (χ3v) is 7.98. The molecule has 11 nitrogen and oxygen atoms in total. The maximum atomic E-state index is 12.7.